The lowest BCUT2D eigenvalue weighted by Gasteiger charge is -2.16. The van der Waals surface area contributed by atoms with E-state index in [0.29, 0.717) is 24.1 Å². The lowest BCUT2D eigenvalue weighted by Crippen LogP contribution is -2.34. The van der Waals surface area contributed by atoms with Crippen molar-refractivity contribution in [3.05, 3.63) is 67.8 Å². The number of nitrogens with zero attached hydrogens (tertiary/aromatic N) is 4. The fourth-order valence-electron chi connectivity index (χ4n) is 4.30. The second-order valence-corrected chi connectivity index (χ2v) is 10.2. The number of rotatable bonds is 9. The molecule has 0 radical (unpaired) electrons. The minimum Gasteiger partial charge on any atom is -0.455 e. The highest BCUT2D eigenvalue weighted by atomic mass is 32.2. The van der Waals surface area contributed by atoms with Gasteiger partial charge in [0.1, 0.15) is 25.5 Å². The summed E-state index contributed by atoms with van der Waals surface area (Å²) in [7, 11) is 0. The molecule has 3 aromatic heterocycles. The van der Waals surface area contributed by atoms with E-state index in [2.05, 4.69) is 25.3 Å². The molecule has 1 amide bonds. The molecule has 0 unspecified atom stereocenters. The molecule has 16 nitrogen and oxygen atoms in total. The summed E-state index contributed by atoms with van der Waals surface area (Å²) in [4.78, 5) is 72.4. The van der Waals surface area contributed by atoms with Crippen LogP contribution in [-0.4, -0.2) is 78.2 Å². The van der Waals surface area contributed by atoms with Gasteiger partial charge in [0, 0.05) is 24.1 Å². The molecule has 2 aliphatic heterocycles. The van der Waals surface area contributed by atoms with Gasteiger partial charge in [0.05, 0.1) is 18.8 Å². The van der Waals surface area contributed by atoms with E-state index in [9.17, 15) is 24.0 Å². The predicted molar refractivity (Wildman–Crippen MR) is 144 cm³/mol. The third kappa shape index (κ3) is 6.75. The summed E-state index contributed by atoms with van der Waals surface area (Å²) in [6, 6.07) is 0. The van der Waals surface area contributed by atoms with Gasteiger partial charge in [-0.25, -0.2) is 24.4 Å². The van der Waals surface area contributed by atoms with Crippen LogP contribution in [0.15, 0.2) is 45.4 Å². The lowest BCUT2D eigenvalue weighted by molar-refractivity contribution is -0.0216. The Hall–Kier alpha value is -4.22. The van der Waals surface area contributed by atoms with Crippen LogP contribution in [0, 0.1) is 6.92 Å². The van der Waals surface area contributed by atoms with E-state index >= 15 is 0 Å². The first-order chi connectivity index (χ1) is 19.8. The third-order valence-electron chi connectivity index (χ3n) is 6.34. The van der Waals surface area contributed by atoms with Crippen molar-refractivity contribution in [3.63, 3.8) is 0 Å². The summed E-state index contributed by atoms with van der Waals surface area (Å²) in [6.07, 6.45) is 6.13. The average Bonchev–Trinajstić information content (AvgIpc) is 3.71. The van der Waals surface area contributed by atoms with Gasteiger partial charge in [-0.1, -0.05) is 6.08 Å². The van der Waals surface area contributed by atoms with Crippen molar-refractivity contribution >= 4 is 34.3 Å². The number of aryl methyl sites for hydroxylation is 1. The largest absolute Gasteiger partial charge is 0.455 e. The molecular formula is C24H27N7O9S. The van der Waals surface area contributed by atoms with Crippen molar-refractivity contribution in [2.24, 2.45) is 0 Å². The molecule has 0 saturated carbocycles. The Balaban J connectivity index is 0.948. The molecule has 4 atom stereocenters. The molecule has 17 heteroatoms. The number of alkyl carbamates (subject to hydrolysis) is 1. The van der Waals surface area contributed by atoms with Gasteiger partial charge in [-0.15, -0.1) is 0 Å². The Morgan fingerprint density at radius 1 is 1.10 bits per heavy atom. The summed E-state index contributed by atoms with van der Waals surface area (Å²) in [6.45, 7) is 1.72. The number of hydrogen-bond donors (Lipinski definition) is 3. The van der Waals surface area contributed by atoms with Crippen molar-refractivity contribution < 1.29 is 28.5 Å². The number of hydrogen-bond acceptors (Lipinski definition) is 12. The summed E-state index contributed by atoms with van der Waals surface area (Å²) in [5.41, 5.74) is -0.389. The van der Waals surface area contributed by atoms with Crippen molar-refractivity contribution in [1.82, 2.24) is 34.4 Å². The third-order valence-corrected chi connectivity index (χ3v) is 7.10. The molecule has 0 bridgehead atoms. The van der Waals surface area contributed by atoms with Crippen LogP contribution in [0.25, 0.3) is 11.2 Å². The van der Waals surface area contributed by atoms with E-state index < -0.39 is 35.0 Å². The minimum absolute atomic E-state index is 0.0686. The van der Waals surface area contributed by atoms with Crippen LogP contribution in [0.1, 0.15) is 30.9 Å². The van der Waals surface area contributed by atoms with Crippen LogP contribution in [0.2, 0.25) is 0 Å². The van der Waals surface area contributed by atoms with E-state index in [0.717, 1.165) is 11.8 Å². The standard InChI is InChI=1S/C24H27N7O9S/c1-13-8-30(22(34)29-20(13)32)16-4-2-14(39-16)9-37-23(35)25-6-7-41-24(36)38-10-15-3-5-17(40-15)31-12-28-18-19(31)26-11-27-21(18)33/h2,4,8,11-12,14-17H,3,5-7,9-10H2,1H3,(H,25,35)(H,26,27,33)(H,29,32,34)/t14-,15-,16+,17+/m0/s1. The van der Waals surface area contributed by atoms with Crippen molar-refractivity contribution in [2.75, 3.05) is 25.5 Å². The number of aromatic amines is 2. The Bertz CT molecular complexity index is 1630. The number of nitrogens with one attached hydrogen (secondary N) is 3. The number of carbonyl (C=O) groups is 2. The molecule has 41 heavy (non-hydrogen) atoms. The number of amides is 1. The van der Waals surface area contributed by atoms with Crippen LogP contribution < -0.4 is 22.1 Å². The molecule has 1 saturated heterocycles. The van der Waals surface area contributed by atoms with E-state index in [4.69, 9.17) is 18.9 Å². The average molecular weight is 590 g/mol. The first-order valence-electron chi connectivity index (χ1n) is 12.7. The van der Waals surface area contributed by atoms with Crippen LogP contribution in [0.4, 0.5) is 9.59 Å². The smallest absolute Gasteiger partial charge is 0.407 e. The van der Waals surface area contributed by atoms with Gasteiger partial charge in [-0.3, -0.25) is 23.7 Å². The number of carbonyl (C=O) groups excluding carboxylic acids is 2. The highest BCUT2D eigenvalue weighted by molar-refractivity contribution is 8.13. The molecular weight excluding hydrogens is 562 g/mol. The zero-order valence-electron chi connectivity index (χ0n) is 21.8. The first kappa shape index (κ1) is 28.3. The number of aromatic nitrogens is 6. The van der Waals surface area contributed by atoms with Crippen LogP contribution in [0.5, 0.6) is 0 Å². The van der Waals surface area contributed by atoms with E-state index in [1.807, 2.05) is 0 Å². The topological polar surface area (TPSA) is 202 Å². The molecule has 0 spiro atoms. The number of thioether (sulfide) groups is 1. The molecule has 0 aliphatic carbocycles. The van der Waals surface area contributed by atoms with E-state index in [1.54, 1.807) is 23.6 Å². The zero-order chi connectivity index (χ0) is 28.9. The van der Waals surface area contributed by atoms with Gasteiger partial charge in [-0.05, 0) is 37.6 Å². The van der Waals surface area contributed by atoms with Crippen molar-refractivity contribution in [2.45, 2.75) is 44.4 Å². The van der Waals surface area contributed by atoms with Gasteiger partial charge >= 0.3 is 17.1 Å². The fraction of sp³-hybridized carbons (Fsp3) is 0.458. The van der Waals surface area contributed by atoms with Crippen LogP contribution in [-0.2, 0) is 18.9 Å². The highest BCUT2D eigenvalue weighted by Crippen LogP contribution is 2.30. The highest BCUT2D eigenvalue weighted by Gasteiger charge is 2.29. The molecule has 1 fully saturated rings. The SMILES string of the molecule is Cc1cn([C@H]2C=C[C@@H](COC(=O)NCCSC(=O)OC[C@@H]3CC[C@H](n4cnc5c(=O)[nH]cnc54)O3)O2)c(=O)[nH]c1=O. The summed E-state index contributed by atoms with van der Waals surface area (Å²) in [5, 5.41) is 2.03. The fourth-order valence-corrected chi connectivity index (χ4v) is 4.83. The van der Waals surface area contributed by atoms with E-state index in [1.165, 1.54) is 23.4 Å². The second kappa shape index (κ2) is 12.5. The number of fused-ring (bicyclic) bond motifs is 1. The van der Waals surface area contributed by atoms with E-state index in [-0.39, 0.29) is 48.9 Å². The normalized spacial score (nSPS) is 21.8. The van der Waals surface area contributed by atoms with Gasteiger partial charge in [0.25, 0.3) is 11.1 Å². The summed E-state index contributed by atoms with van der Waals surface area (Å²) < 4.78 is 25.0. The Labute approximate surface area is 235 Å². The maximum atomic E-state index is 12.1. The van der Waals surface area contributed by atoms with Crippen LogP contribution in [0.3, 0.4) is 0 Å². The molecule has 0 aromatic carbocycles. The first-order valence-corrected chi connectivity index (χ1v) is 13.7. The Morgan fingerprint density at radius 2 is 1.95 bits per heavy atom. The summed E-state index contributed by atoms with van der Waals surface area (Å²) >= 11 is 0.905. The summed E-state index contributed by atoms with van der Waals surface area (Å²) in [5.74, 6) is 0.264. The number of ether oxygens (including phenoxy) is 4. The monoisotopic (exact) mass is 589 g/mol. The van der Waals surface area contributed by atoms with Crippen LogP contribution >= 0.6 is 11.8 Å². The molecule has 2 aliphatic rings. The van der Waals surface area contributed by atoms with Crippen molar-refractivity contribution in [3.8, 4) is 0 Å². The van der Waals surface area contributed by atoms with Gasteiger partial charge in [0.2, 0.25) is 0 Å². The molecule has 5 heterocycles. The second-order valence-electron chi connectivity index (χ2n) is 9.21. The quantitative estimate of drug-likeness (QED) is 0.179. The van der Waals surface area contributed by atoms with Gasteiger partial charge in [0.15, 0.2) is 17.4 Å². The predicted octanol–water partition coefficient (Wildman–Crippen LogP) is 0.705. The van der Waals surface area contributed by atoms with Gasteiger partial charge in [-0.2, -0.15) is 0 Å². The number of H-pyrrole nitrogens is 2. The molecule has 5 rings (SSSR count). The molecule has 3 N–H and O–H groups in total. The maximum absolute atomic E-state index is 12.1. The number of imidazole rings is 1. The Kier molecular flexibility index (Phi) is 8.65. The molecule has 218 valence electrons. The Morgan fingerprint density at radius 3 is 2.80 bits per heavy atom. The molecule has 3 aromatic rings. The van der Waals surface area contributed by atoms with Gasteiger partial charge < -0.3 is 29.2 Å². The minimum atomic E-state index is -0.730. The maximum Gasteiger partial charge on any atom is 0.407 e. The van der Waals surface area contributed by atoms with Crippen molar-refractivity contribution in [1.29, 1.82) is 0 Å². The lowest BCUT2D eigenvalue weighted by atomic mass is 10.2. The zero-order valence-corrected chi connectivity index (χ0v) is 22.6.